The number of nitrogens with zero attached hydrogens (tertiary/aromatic N) is 3. The summed E-state index contributed by atoms with van der Waals surface area (Å²) in [5.74, 6) is 0.943. The van der Waals surface area contributed by atoms with Crippen LogP contribution in [0.3, 0.4) is 0 Å². The highest BCUT2D eigenvalue weighted by atomic mass is 16.3. The minimum Gasteiger partial charge on any atom is -0.394 e. The van der Waals surface area contributed by atoms with Crippen molar-refractivity contribution in [3.05, 3.63) is 71.8 Å². The van der Waals surface area contributed by atoms with Crippen molar-refractivity contribution in [3.63, 3.8) is 0 Å². The number of aliphatic hydroxyl groups is 1. The predicted octanol–water partition coefficient (Wildman–Crippen LogP) is 2.56. The summed E-state index contributed by atoms with van der Waals surface area (Å²) >= 11 is 0. The van der Waals surface area contributed by atoms with E-state index < -0.39 is 0 Å². The molecule has 3 rings (SSSR count). The average Bonchev–Trinajstić information content (AvgIpc) is 2.91. The van der Waals surface area contributed by atoms with Gasteiger partial charge in [0.25, 0.3) is 0 Å². The number of guanidine groups is 1. The summed E-state index contributed by atoms with van der Waals surface area (Å²) in [6, 6.07) is 20.9. The number of hydrogen-bond acceptors (Lipinski definition) is 2. The summed E-state index contributed by atoms with van der Waals surface area (Å²) < 4.78 is 0. The molecule has 2 aromatic rings. The molecule has 1 unspecified atom stereocenters. The van der Waals surface area contributed by atoms with Gasteiger partial charge >= 0.3 is 0 Å². The summed E-state index contributed by atoms with van der Waals surface area (Å²) in [4.78, 5) is 9.23. The average molecular weight is 323 g/mol. The topological polar surface area (TPSA) is 39.1 Å². The Bertz CT molecular complexity index is 672. The van der Waals surface area contributed by atoms with Gasteiger partial charge in [-0.2, -0.15) is 0 Å². The molecule has 0 spiro atoms. The molecule has 2 atom stereocenters. The molecule has 1 heterocycles. The maximum atomic E-state index is 9.76. The first kappa shape index (κ1) is 16.5. The highest BCUT2D eigenvalue weighted by Crippen LogP contribution is 2.27. The van der Waals surface area contributed by atoms with Gasteiger partial charge in [0.15, 0.2) is 5.96 Å². The van der Waals surface area contributed by atoms with Gasteiger partial charge in [-0.15, -0.1) is 0 Å². The Morgan fingerprint density at radius 2 is 1.67 bits per heavy atom. The lowest BCUT2D eigenvalue weighted by Crippen LogP contribution is -2.32. The second-order valence-electron chi connectivity index (χ2n) is 6.37. The zero-order valence-electron chi connectivity index (χ0n) is 14.3. The van der Waals surface area contributed by atoms with E-state index in [4.69, 9.17) is 4.99 Å². The molecular weight excluding hydrogens is 298 g/mol. The first-order valence-electron chi connectivity index (χ1n) is 8.40. The van der Waals surface area contributed by atoms with Gasteiger partial charge in [0, 0.05) is 20.6 Å². The molecule has 0 amide bonds. The Morgan fingerprint density at radius 1 is 1.04 bits per heavy atom. The van der Waals surface area contributed by atoms with E-state index in [0.29, 0.717) is 6.04 Å². The number of likely N-dealkylation sites (N-methyl/N-ethyl adjacent to an activating group) is 2. The van der Waals surface area contributed by atoms with Crippen LogP contribution in [0.15, 0.2) is 65.7 Å². The van der Waals surface area contributed by atoms with Crippen molar-refractivity contribution < 1.29 is 5.11 Å². The van der Waals surface area contributed by atoms with Gasteiger partial charge < -0.3 is 14.9 Å². The molecule has 0 bridgehead atoms. The van der Waals surface area contributed by atoms with Crippen molar-refractivity contribution >= 4 is 5.96 Å². The van der Waals surface area contributed by atoms with Crippen LogP contribution < -0.4 is 0 Å². The molecule has 4 heteroatoms. The molecule has 1 fully saturated rings. The molecule has 2 aromatic carbocycles. The lowest BCUT2D eigenvalue weighted by atomic mass is 10.1. The quantitative estimate of drug-likeness (QED) is 0.919. The van der Waals surface area contributed by atoms with Crippen LogP contribution in [-0.2, 0) is 6.42 Å². The van der Waals surface area contributed by atoms with Gasteiger partial charge in [0.2, 0.25) is 0 Å². The van der Waals surface area contributed by atoms with Crippen molar-refractivity contribution in [2.24, 2.45) is 4.99 Å². The van der Waals surface area contributed by atoms with E-state index in [0.717, 1.165) is 18.9 Å². The Kier molecular flexibility index (Phi) is 5.16. The number of hydrogen-bond donors (Lipinski definition) is 1. The smallest absolute Gasteiger partial charge is 0.197 e. The minimum absolute atomic E-state index is 0.0517. The van der Waals surface area contributed by atoms with Crippen molar-refractivity contribution in [1.82, 2.24) is 9.80 Å². The largest absolute Gasteiger partial charge is 0.394 e. The van der Waals surface area contributed by atoms with Crippen LogP contribution >= 0.6 is 0 Å². The van der Waals surface area contributed by atoms with Gasteiger partial charge in [0.05, 0.1) is 18.7 Å². The number of aliphatic imine (C=N–C) groups is 1. The van der Waals surface area contributed by atoms with Crippen molar-refractivity contribution in [2.45, 2.75) is 18.5 Å². The summed E-state index contributed by atoms with van der Waals surface area (Å²) in [6.07, 6.45) is 0.749. The minimum atomic E-state index is -0.123. The van der Waals surface area contributed by atoms with Gasteiger partial charge in [-0.1, -0.05) is 60.7 Å². The predicted molar refractivity (Wildman–Crippen MR) is 98.0 cm³/mol. The summed E-state index contributed by atoms with van der Waals surface area (Å²) in [7, 11) is 4.15. The molecule has 1 saturated heterocycles. The van der Waals surface area contributed by atoms with E-state index >= 15 is 0 Å². The molecule has 1 N–H and O–H groups in total. The molecule has 4 nitrogen and oxygen atoms in total. The van der Waals surface area contributed by atoms with Crippen LogP contribution in [0.2, 0.25) is 0 Å². The van der Waals surface area contributed by atoms with Crippen LogP contribution in [0, 0.1) is 0 Å². The fraction of sp³-hybridized carbons (Fsp3) is 0.350. The zero-order chi connectivity index (χ0) is 16.9. The molecule has 0 aromatic heterocycles. The van der Waals surface area contributed by atoms with Crippen LogP contribution in [0.4, 0.5) is 0 Å². The lowest BCUT2D eigenvalue weighted by Gasteiger charge is -2.22. The fourth-order valence-electron chi connectivity index (χ4n) is 3.27. The summed E-state index contributed by atoms with van der Waals surface area (Å²) in [5.41, 5.74) is 2.49. The molecular formula is C20H25N3O. The standard InChI is InChI=1S/C20H25N3O/c1-22-14-19(17-11-7-4-8-12-17)23(2)20(22)21-18(15-24)13-16-9-5-3-6-10-16/h3-12,18-19,24H,13-15H2,1-2H3/b21-20+/t18?,19-/m0/s1. The molecule has 1 aliphatic heterocycles. The van der Waals surface area contributed by atoms with E-state index in [1.807, 2.05) is 24.3 Å². The summed E-state index contributed by atoms with van der Waals surface area (Å²) in [5, 5.41) is 9.76. The fourth-order valence-corrected chi connectivity index (χ4v) is 3.27. The molecule has 0 radical (unpaired) electrons. The first-order valence-corrected chi connectivity index (χ1v) is 8.40. The van der Waals surface area contributed by atoms with Crippen molar-refractivity contribution in [3.8, 4) is 0 Å². The van der Waals surface area contributed by atoms with Crippen LogP contribution in [0.25, 0.3) is 0 Å². The maximum Gasteiger partial charge on any atom is 0.197 e. The van der Waals surface area contributed by atoms with Crippen molar-refractivity contribution in [2.75, 3.05) is 27.2 Å². The highest BCUT2D eigenvalue weighted by Gasteiger charge is 2.32. The normalized spacial score (nSPS) is 20.6. The van der Waals surface area contributed by atoms with Crippen molar-refractivity contribution in [1.29, 1.82) is 0 Å². The number of rotatable bonds is 5. The van der Waals surface area contributed by atoms with Crippen LogP contribution in [-0.4, -0.2) is 54.2 Å². The third-order valence-corrected chi connectivity index (χ3v) is 4.58. The monoisotopic (exact) mass is 323 g/mol. The number of aliphatic hydroxyl groups excluding tert-OH is 1. The Balaban J connectivity index is 1.78. The molecule has 0 aliphatic carbocycles. The van der Waals surface area contributed by atoms with E-state index in [9.17, 15) is 5.11 Å². The maximum absolute atomic E-state index is 9.76. The SMILES string of the molecule is CN1C[C@@H](c2ccccc2)N(C)/C1=N/C(CO)Cc1ccccc1. The second kappa shape index (κ2) is 7.49. The third-order valence-electron chi connectivity index (χ3n) is 4.58. The third kappa shape index (κ3) is 3.60. The first-order chi connectivity index (χ1) is 11.7. The molecule has 0 saturated carbocycles. The van der Waals surface area contributed by atoms with Gasteiger partial charge in [-0.05, 0) is 17.5 Å². The van der Waals surface area contributed by atoms with Crippen LogP contribution in [0.5, 0.6) is 0 Å². The van der Waals surface area contributed by atoms with Gasteiger partial charge in [-0.25, -0.2) is 4.99 Å². The highest BCUT2D eigenvalue weighted by molar-refractivity contribution is 5.82. The summed E-state index contributed by atoms with van der Waals surface area (Å²) in [6.45, 7) is 0.957. The Hall–Kier alpha value is -2.33. The van der Waals surface area contributed by atoms with E-state index in [1.165, 1.54) is 11.1 Å². The van der Waals surface area contributed by atoms with Gasteiger partial charge in [0.1, 0.15) is 0 Å². The second-order valence-corrected chi connectivity index (χ2v) is 6.37. The van der Waals surface area contributed by atoms with Gasteiger partial charge in [-0.3, -0.25) is 0 Å². The zero-order valence-corrected chi connectivity index (χ0v) is 14.3. The van der Waals surface area contributed by atoms with E-state index in [-0.39, 0.29) is 12.6 Å². The van der Waals surface area contributed by atoms with E-state index in [2.05, 4.69) is 60.3 Å². The number of benzene rings is 2. The Labute approximate surface area is 144 Å². The molecule has 126 valence electrons. The Morgan fingerprint density at radius 3 is 2.29 bits per heavy atom. The molecule has 1 aliphatic rings. The van der Waals surface area contributed by atoms with E-state index in [1.54, 1.807) is 0 Å². The lowest BCUT2D eigenvalue weighted by molar-refractivity contribution is 0.264. The van der Waals surface area contributed by atoms with Crippen LogP contribution in [0.1, 0.15) is 17.2 Å². The molecule has 24 heavy (non-hydrogen) atoms.